The van der Waals surface area contributed by atoms with Crippen LogP contribution in [0.3, 0.4) is 0 Å². The minimum absolute atomic E-state index is 0.0284. The molecule has 8 N–H and O–H groups in total. The van der Waals surface area contributed by atoms with Gasteiger partial charge < -0.3 is 89.0 Å². The van der Waals surface area contributed by atoms with Gasteiger partial charge in [-0.05, 0) is 93.1 Å². The molecule has 0 bridgehead atoms. The van der Waals surface area contributed by atoms with Crippen LogP contribution in [-0.2, 0) is 47.5 Å². The number of aromatic carboxylic acids is 1. The van der Waals surface area contributed by atoms with E-state index < -0.39 is 131 Å². The molecule has 0 radical (unpaired) electrons. The number of rotatable bonds is 17. The zero-order chi connectivity index (χ0) is 64.4. The number of aliphatic hydroxyl groups is 4. The number of hydrogen-bond acceptors (Lipinski definition) is 22. The molecular formula is C56H88F3N5O20S. The number of fused-ring (bicyclic) bond motifs is 1. The molecule has 18 atom stereocenters. The van der Waals surface area contributed by atoms with Gasteiger partial charge in [0.05, 0.1) is 66.5 Å². The fraction of sp³-hybridized carbons (Fsp3) is 0.750. The smallest absolute Gasteiger partial charge is 0.477 e. The number of benzene rings is 1. The normalized spacial score (nSPS) is 34.8. The highest BCUT2D eigenvalue weighted by Crippen LogP contribution is 2.42. The van der Waals surface area contributed by atoms with Gasteiger partial charge >= 0.3 is 30.2 Å². The molecular weight excluding hydrogens is 1150 g/mol. The monoisotopic (exact) mass is 1240 g/mol. The zero-order valence-corrected chi connectivity index (χ0v) is 51.7. The number of carboxylic acids is 2. The number of aliphatic hydroxyl groups excluding tert-OH is 2. The largest absolute Gasteiger partial charge is 0.490 e. The van der Waals surface area contributed by atoms with Crippen LogP contribution in [0.4, 0.5) is 18.0 Å². The van der Waals surface area contributed by atoms with Crippen molar-refractivity contribution < 1.29 is 106 Å². The maximum Gasteiger partial charge on any atom is 0.490 e. The summed E-state index contributed by atoms with van der Waals surface area (Å²) < 4.78 is 83.4. The first kappa shape index (κ1) is 72.6. The Kier molecular flexibility index (Phi) is 25.9. The van der Waals surface area contributed by atoms with Crippen LogP contribution in [0.2, 0.25) is 0 Å². The van der Waals surface area contributed by atoms with Crippen LogP contribution in [0.5, 0.6) is 0 Å². The number of alkyl halides is 3. The second-order valence-corrected chi connectivity index (χ2v) is 24.4. The number of aromatic nitrogens is 1. The first-order valence-electron chi connectivity index (χ1n) is 28.0. The van der Waals surface area contributed by atoms with Crippen molar-refractivity contribution in [3.8, 4) is 0 Å². The lowest BCUT2D eigenvalue weighted by molar-refractivity contribution is -0.317. The molecule has 1 aromatic carbocycles. The van der Waals surface area contributed by atoms with Crippen LogP contribution in [0.15, 0.2) is 39.2 Å². The second kappa shape index (κ2) is 30.3. The number of likely N-dealkylation sites (N-methyl/N-ethyl adjacent to an activating group) is 1. The van der Waals surface area contributed by atoms with Crippen molar-refractivity contribution in [3.63, 3.8) is 0 Å². The second-order valence-electron chi connectivity index (χ2n) is 23.2. The Morgan fingerprint density at radius 2 is 1.56 bits per heavy atom. The molecule has 0 unspecified atom stereocenters. The summed E-state index contributed by atoms with van der Waals surface area (Å²) in [6.07, 6.45) is -15.2. The van der Waals surface area contributed by atoms with Crippen LogP contribution in [-0.4, -0.2) is 226 Å². The molecule has 1 aromatic heterocycles. The summed E-state index contributed by atoms with van der Waals surface area (Å²) in [4.78, 5) is 64.2. The number of ether oxygens (including phenoxy) is 8. The number of alkyl carbamates (subject to hydrolysis) is 1. The van der Waals surface area contributed by atoms with Crippen LogP contribution >= 0.6 is 11.8 Å². The number of amides is 1. The van der Waals surface area contributed by atoms with Gasteiger partial charge in [0, 0.05) is 80.2 Å². The number of oxime groups is 1. The molecule has 4 heterocycles. The predicted molar refractivity (Wildman–Crippen MR) is 303 cm³/mol. The van der Waals surface area contributed by atoms with E-state index in [-0.39, 0.29) is 61.2 Å². The number of methoxy groups -OCH3 is 1. The molecule has 484 valence electrons. The zero-order valence-electron chi connectivity index (χ0n) is 50.9. The number of carboxylic acid groups (broad SMARTS) is 2. The van der Waals surface area contributed by atoms with Crippen molar-refractivity contribution in [3.05, 3.63) is 40.2 Å². The molecule has 2 aromatic rings. The number of nitrogens with one attached hydrogen (secondary N) is 1. The maximum absolute atomic E-state index is 14.5. The number of thioether (sulfide) groups is 1. The first-order valence-corrected chi connectivity index (χ1v) is 29.0. The van der Waals surface area contributed by atoms with Gasteiger partial charge in [-0.25, -0.2) is 14.4 Å². The standard InChI is InChI=1S/C54H87N5O18S.C2HF3O2/c1-16-39-54(10,68)45(62)30(4)41(56-69)28(2)25-52(8,67)46(76-50-43(61)38(57(11)12)23-29(3)72-50)31(5)44(32(6)49(65)74-39)75-40-26-53(9,70-15)47(33(7)73-40)77-51(66)55-19-20-71-21-22-78-34-17-18-37-35(24-34)42(60)36(48(63)64)27-59(37)58(13)14;3-2(4,5)1(6)7/h17-18,24,27-33,38-40,43-47,50,61-62,67-69H,16,19-23,25-26H2,1-15H3,(H,55,66)(H,63,64);(H,6,7)/b56-41+;/t28-,29-,30+,31+,32-,33+,38+,39-,40+,43-,44+,45-,46-,47+,50+,52-,53-,54-;/m1./s1. The highest BCUT2D eigenvalue weighted by Gasteiger charge is 2.54. The van der Waals surface area contributed by atoms with Gasteiger partial charge in [0.25, 0.3) is 0 Å². The molecule has 0 saturated carbocycles. The van der Waals surface area contributed by atoms with E-state index in [0.29, 0.717) is 24.3 Å². The molecule has 5 rings (SSSR count). The van der Waals surface area contributed by atoms with Gasteiger partial charge in [-0.15, -0.1) is 11.8 Å². The summed E-state index contributed by atoms with van der Waals surface area (Å²) in [5.74, 6) is -8.20. The van der Waals surface area contributed by atoms with Crippen molar-refractivity contribution in [2.75, 3.05) is 65.8 Å². The van der Waals surface area contributed by atoms with Crippen molar-refractivity contribution in [2.24, 2.45) is 28.8 Å². The summed E-state index contributed by atoms with van der Waals surface area (Å²) in [6, 6.07) is 4.89. The average Bonchev–Trinajstić information content (AvgIpc) is 1.65. The van der Waals surface area contributed by atoms with Crippen molar-refractivity contribution in [1.29, 1.82) is 0 Å². The number of pyridine rings is 1. The SMILES string of the molecule is CC[C@H]1OC(=O)[C@H](C)[C@@H](O[C@H]2C[C@@](C)(OC)[C@@H](OC(=O)NCCOCCSc3ccc4c(c3)c(=O)c(C(=O)O)cn4N(C)C)[C@H](C)O2)[C@H](C)[C@@H](O[C@@H]2O[C@H](C)C[C@H](N(C)C)[C@H]2O)[C@](C)(O)C[C@@H](C)/C(=N\O)[C@H](C)[C@@H](O)[C@]1(C)O.O=C(O)C(F)(F)F. The lowest BCUT2D eigenvalue weighted by Gasteiger charge is -2.49. The number of esters is 1. The maximum atomic E-state index is 14.5. The van der Waals surface area contributed by atoms with E-state index in [1.54, 1.807) is 84.4 Å². The lowest BCUT2D eigenvalue weighted by atomic mass is 9.73. The Morgan fingerprint density at radius 3 is 2.12 bits per heavy atom. The fourth-order valence-electron chi connectivity index (χ4n) is 11.4. The molecule has 1 amide bonds. The van der Waals surface area contributed by atoms with Crippen molar-refractivity contribution in [1.82, 2.24) is 14.9 Å². The Labute approximate surface area is 496 Å². The highest BCUT2D eigenvalue weighted by atomic mass is 32.2. The van der Waals surface area contributed by atoms with Crippen LogP contribution in [0, 0.1) is 23.7 Å². The highest BCUT2D eigenvalue weighted by molar-refractivity contribution is 7.99. The molecule has 25 nitrogen and oxygen atoms in total. The number of hydrogen-bond donors (Lipinski definition) is 8. The Morgan fingerprint density at radius 1 is 0.929 bits per heavy atom. The quantitative estimate of drug-likeness (QED) is 0.0357. The summed E-state index contributed by atoms with van der Waals surface area (Å²) in [6.45, 7) is 16.9. The lowest BCUT2D eigenvalue weighted by Crippen LogP contribution is -2.61. The van der Waals surface area contributed by atoms with Gasteiger partial charge in [0.15, 0.2) is 18.7 Å². The molecule has 85 heavy (non-hydrogen) atoms. The number of carbonyl (C=O) groups excluding carboxylic acids is 2. The molecule has 3 saturated heterocycles. The van der Waals surface area contributed by atoms with E-state index in [1.807, 2.05) is 32.0 Å². The van der Waals surface area contributed by atoms with E-state index in [0.717, 1.165) is 4.90 Å². The topological polar surface area (TPSA) is 337 Å². The summed E-state index contributed by atoms with van der Waals surface area (Å²) in [7, 11) is 8.61. The van der Waals surface area contributed by atoms with Gasteiger partial charge in [0.2, 0.25) is 5.43 Å². The molecule has 29 heteroatoms. The minimum atomic E-state index is -5.08. The van der Waals surface area contributed by atoms with E-state index in [2.05, 4.69) is 10.5 Å². The summed E-state index contributed by atoms with van der Waals surface area (Å²) >= 11 is 1.42. The number of aliphatic carboxylic acids is 1. The number of halogens is 3. The van der Waals surface area contributed by atoms with Gasteiger partial charge in [-0.2, -0.15) is 13.2 Å². The first-order chi connectivity index (χ1) is 39.4. The third kappa shape index (κ3) is 18.1. The summed E-state index contributed by atoms with van der Waals surface area (Å²) in [5, 5.41) is 83.4. The van der Waals surface area contributed by atoms with Gasteiger partial charge in [-0.1, -0.05) is 32.9 Å². The van der Waals surface area contributed by atoms with E-state index >= 15 is 0 Å². The number of cyclic esters (lactones) is 1. The van der Waals surface area contributed by atoms with Gasteiger partial charge in [-0.3, -0.25) is 14.3 Å². The summed E-state index contributed by atoms with van der Waals surface area (Å²) in [5.41, 5.74) is -5.40. The average molecular weight is 1240 g/mol. The fourth-order valence-corrected chi connectivity index (χ4v) is 12.2. The molecule has 3 fully saturated rings. The number of carbonyl (C=O) groups is 4. The van der Waals surface area contributed by atoms with Crippen LogP contribution < -0.4 is 15.8 Å². The molecule has 0 spiro atoms. The van der Waals surface area contributed by atoms with Gasteiger partial charge in [0.1, 0.15) is 29.0 Å². The van der Waals surface area contributed by atoms with E-state index in [4.69, 9.17) is 47.8 Å². The molecule has 0 aliphatic carbocycles. The van der Waals surface area contributed by atoms with Crippen molar-refractivity contribution >= 4 is 52.4 Å². The third-order valence-electron chi connectivity index (χ3n) is 16.0. The third-order valence-corrected chi connectivity index (χ3v) is 17.0. The Balaban J connectivity index is 0.00000208. The van der Waals surface area contributed by atoms with E-state index in [1.165, 1.54) is 38.9 Å². The minimum Gasteiger partial charge on any atom is -0.477 e. The number of nitrogens with zero attached hydrogens (tertiary/aromatic N) is 4. The predicted octanol–water partition coefficient (Wildman–Crippen LogP) is 4.43. The molecule has 3 aliphatic heterocycles. The Hall–Kier alpha value is -4.92. The van der Waals surface area contributed by atoms with Crippen LogP contribution in [0.1, 0.15) is 105 Å². The van der Waals surface area contributed by atoms with E-state index in [9.17, 15) is 63.1 Å². The van der Waals surface area contributed by atoms with Crippen molar-refractivity contribution in [2.45, 2.75) is 190 Å². The Bertz CT molecular complexity index is 2660. The van der Waals surface area contributed by atoms with Crippen LogP contribution in [0.25, 0.3) is 10.9 Å². The molecule has 3 aliphatic rings.